The largest absolute Gasteiger partial charge is 0.494 e. The van der Waals surface area contributed by atoms with Gasteiger partial charge in [-0.3, -0.25) is 0 Å². The lowest BCUT2D eigenvalue weighted by Crippen LogP contribution is -2.36. The number of carboxylic acids is 2. The zero-order valence-corrected chi connectivity index (χ0v) is 28.0. The highest BCUT2D eigenvalue weighted by atomic mass is 35.5. The van der Waals surface area contributed by atoms with Crippen LogP contribution in [0.1, 0.15) is 46.8 Å². The summed E-state index contributed by atoms with van der Waals surface area (Å²) in [4.78, 5) is 33.4. The molecule has 1 aliphatic rings. The first kappa shape index (κ1) is 37.2. The second-order valence-corrected chi connectivity index (χ2v) is 11.4. The second-order valence-electron chi connectivity index (χ2n) is 10.1. The van der Waals surface area contributed by atoms with Gasteiger partial charge in [0.1, 0.15) is 11.3 Å². The van der Waals surface area contributed by atoms with E-state index < -0.39 is 23.5 Å². The number of halogens is 3. The maximum Gasteiger partial charge on any atom is 0.347 e. The number of rotatable bonds is 9. The highest BCUT2D eigenvalue weighted by molar-refractivity contribution is 6.37. The molecule has 1 aliphatic carbocycles. The molecule has 9 nitrogen and oxygen atoms in total. The molecular weight excluding hydrogens is 671 g/mol. The smallest absolute Gasteiger partial charge is 0.347 e. The van der Waals surface area contributed by atoms with Gasteiger partial charge in [0.2, 0.25) is 5.60 Å². The Morgan fingerprint density at radius 1 is 0.830 bits per heavy atom. The number of aryl methyl sites for hydroxylation is 1. The first-order valence-electron chi connectivity index (χ1n) is 14.3. The monoisotopic (exact) mass is 702 g/mol. The maximum atomic E-state index is 12.5. The average Bonchev–Trinajstić information content (AvgIpc) is 3.31. The minimum absolute atomic E-state index is 0.0849. The maximum absolute atomic E-state index is 12.5. The van der Waals surface area contributed by atoms with Gasteiger partial charge in [0.15, 0.2) is 12.4 Å². The molecule has 0 saturated carbocycles. The molecule has 47 heavy (non-hydrogen) atoms. The molecule has 0 saturated heterocycles. The number of carbonyl (C=O) groups is 3. The van der Waals surface area contributed by atoms with Crippen LogP contribution >= 0.6 is 34.8 Å². The Hall–Kier alpha value is -4.28. The van der Waals surface area contributed by atoms with E-state index in [-0.39, 0.29) is 28.0 Å². The number of hydrogen-bond donors (Lipinski definition) is 3. The van der Waals surface area contributed by atoms with E-state index in [2.05, 4.69) is 0 Å². The van der Waals surface area contributed by atoms with E-state index in [0.717, 1.165) is 29.5 Å². The van der Waals surface area contributed by atoms with Crippen molar-refractivity contribution >= 4 is 52.7 Å². The predicted molar refractivity (Wildman–Crippen MR) is 180 cm³/mol. The summed E-state index contributed by atoms with van der Waals surface area (Å²) in [6.07, 6.45) is 1.74. The number of methoxy groups -OCH3 is 1. The van der Waals surface area contributed by atoms with Crippen molar-refractivity contribution in [3.05, 3.63) is 116 Å². The number of esters is 1. The van der Waals surface area contributed by atoms with E-state index in [1.54, 1.807) is 30.3 Å². The van der Waals surface area contributed by atoms with E-state index in [0.29, 0.717) is 28.5 Å². The minimum Gasteiger partial charge on any atom is -0.494 e. The summed E-state index contributed by atoms with van der Waals surface area (Å²) in [6, 6.07) is 22.8. The number of benzene rings is 4. The van der Waals surface area contributed by atoms with E-state index in [1.165, 1.54) is 19.2 Å². The van der Waals surface area contributed by atoms with Crippen LogP contribution in [0.5, 0.6) is 11.5 Å². The molecular formula is C35H33Cl3O9. The van der Waals surface area contributed by atoms with Gasteiger partial charge >= 0.3 is 17.9 Å². The molecule has 12 heteroatoms. The van der Waals surface area contributed by atoms with Gasteiger partial charge in [-0.05, 0) is 60.4 Å². The van der Waals surface area contributed by atoms with Crippen LogP contribution in [-0.2, 0) is 19.9 Å². The van der Waals surface area contributed by atoms with Crippen molar-refractivity contribution < 1.29 is 43.9 Å². The molecule has 0 aliphatic heterocycles. The fourth-order valence-corrected chi connectivity index (χ4v) is 5.38. The zero-order valence-electron chi connectivity index (χ0n) is 25.8. The summed E-state index contributed by atoms with van der Waals surface area (Å²) in [5.41, 5.74) is 2.01. The number of carboxylic acid groups (broad SMARTS) is 2. The summed E-state index contributed by atoms with van der Waals surface area (Å²) < 4.78 is 15.1. The Kier molecular flexibility index (Phi) is 13.5. The van der Waals surface area contributed by atoms with E-state index in [4.69, 9.17) is 59.2 Å². The van der Waals surface area contributed by atoms with Crippen LogP contribution in [0.3, 0.4) is 0 Å². The second kappa shape index (κ2) is 17.0. The molecule has 0 bridgehead atoms. The van der Waals surface area contributed by atoms with Crippen LogP contribution in [0.25, 0.3) is 11.1 Å². The summed E-state index contributed by atoms with van der Waals surface area (Å²) in [5, 5.41) is 29.2. The van der Waals surface area contributed by atoms with Crippen LogP contribution in [0.15, 0.2) is 78.9 Å². The lowest BCUT2D eigenvalue weighted by molar-refractivity contribution is -0.162. The van der Waals surface area contributed by atoms with Crippen LogP contribution in [0.4, 0.5) is 0 Å². The molecule has 4 aromatic rings. The molecule has 0 fully saturated rings. The van der Waals surface area contributed by atoms with Crippen molar-refractivity contribution in [3.63, 3.8) is 0 Å². The normalized spacial score (nSPS) is 11.8. The van der Waals surface area contributed by atoms with Gasteiger partial charge < -0.3 is 29.5 Å². The van der Waals surface area contributed by atoms with Crippen LogP contribution in [0, 0.1) is 6.92 Å². The van der Waals surface area contributed by atoms with Gasteiger partial charge in [-0.25, -0.2) is 14.4 Å². The van der Waals surface area contributed by atoms with Gasteiger partial charge in [0.25, 0.3) is 0 Å². The van der Waals surface area contributed by atoms with Crippen molar-refractivity contribution in [2.45, 2.75) is 32.3 Å². The van der Waals surface area contributed by atoms with Crippen molar-refractivity contribution in [1.82, 2.24) is 0 Å². The number of aliphatic hydroxyl groups is 1. The summed E-state index contributed by atoms with van der Waals surface area (Å²) >= 11 is 17.1. The summed E-state index contributed by atoms with van der Waals surface area (Å²) in [6.45, 7) is 3.84. The highest BCUT2D eigenvalue weighted by Crippen LogP contribution is 2.47. The Morgan fingerprint density at radius 2 is 1.40 bits per heavy atom. The molecule has 0 atom stereocenters. The third-order valence-electron chi connectivity index (χ3n) is 6.92. The Labute approximate surface area is 287 Å². The number of aliphatic carboxylic acids is 1. The Balaban J connectivity index is 0.000000202. The number of aromatic carboxylic acids is 1. The minimum atomic E-state index is -1.69. The van der Waals surface area contributed by atoms with E-state index in [1.807, 2.05) is 50.2 Å². The van der Waals surface area contributed by atoms with Crippen LogP contribution in [-0.4, -0.2) is 53.6 Å². The molecule has 0 unspecified atom stereocenters. The van der Waals surface area contributed by atoms with Gasteiger partial charge in [-0.15, -0.1) is 0 Å². The van der Waals surface area contributed by atoms with Crippen molar-refractivity contribution in [3.8, 4) is 22.6 Å². The first-order chi connectivity index (χ1) is 22.4. The number of hydrogen-bond acceptors (Lipinski definition) is 7. The molecule has 5 rings (SSSR count). The standard InChI is InChI=1S/C18H18O3.C9H9ClO3.C8H6Cl2O3/c1-2-3-12-21-17(19)18(20)15-10-6-4-8-13(15)14-9-5-7-11-16(14)18;1-6-4-7(10)2-3-8(6)13-5-9(11)12;1-13-7-5(10)3-2-4(9)6(7)8(11)12/h4-11,20H,2-3,12H2,1H3;2-4H,5H2,1H3,(H,11,12);2-3H,1H3,(H,11,12). The van der Waals surface area contributed by atoms with Gasteiger partial charge in [-0.1, -0.05) is 96.7 Å². The summed E-state index contributed by atoms with van der Waals surface area (Å²) in [7, 11) is 1.34. The van der Waals surface area contributed by atoms with Gasteiger partial charge in [0.05, 0.1) is 23.8 Å². The molecule has 0 radical (unpaired) electrons. The van der Waals surface area contributed by atoms with Crippen LogP contribution < -0.4 is 9.47 Å². The first-order valence-corrected chi connectivity index (χ1v) is 15.4. The lowest BCUT2D eigenvalue weighted by Gasteiger charge is -2.23. The summed E-state index contributed by atoms with van der Waals surface area (Å²) in [5.74, 6) is -2.11. The van der Waals surface area contributed by atoms with Gasteiger partial charge in [-0.2, -0.15) is 0 Å². The fourth-order valence-electron chi connectivity index (χ4n) is 4.69. The molecule has 0 amide bonds. The van der Waals surface area contributed by atoms with E-state index in [9.17, 15) is 19.5 Å². The molecule has 4 aromatic carbocycles. The third-order valence-corrected chi connectivity index (χ3v) is 7.76. The predicted octanol–water partition coefficient (Wildman–Crippen LogP) is 8.06. The van der Waals surface area contributed by atoms with Crippen molar-refractivity contribution in [2.24, 2.45) is 0 Å². The van der Waals surface area contributed by atoms with Crippen LogP contribution in [0.2, 0.25) is 15.1 Å². The van der Waals surface area contributed by atoms with Crippen molar-refractivity contribution in [1.29, 1.82) is 0 Å². The number of ether oxygens (including phenoxy) is 3. The lowest BCUT2D eigenvalue weighted by atomic mass is 9.91. The highest BCUT2D eigenvalue weighted by Gasteiger charge is 2.49. The number of carbonyl (C=O) groups excluding carboxylic acids is 1. The van der Waals surface area contributed by atoms with E-state index >= 15 is 0 Å². The zero-order chi connectivity index (χ0) is 34.7. The molecule has 248 valence electrons. The average molecular weight is 704 g/mol. The Bertz CT molecular complexity index is 1690. The number of unbranched alkanes of at least 4 members (excludes halogenated alkanes) is 1. The molecule has 0 heterocycles. The molecule has 0 spiro atoms. The SMILES string of the molecule is CCCCOC(=O)C1(O)c2ccccc2-c2ccccc21.COc1c(Cl)ccc(Cl)c1C(=O)O.Cc1cc(Cl)ccc1OCC(=O)O. The Morgan fingerprint density at radius 3 is 1.89 bits per heavy atom. The van der Waals surface area contributed by atoms with Gasteiger partial charge in [0, 0.05) is 16.1 Å². The molecule has 0 aromatic heterocycles. The topological polar surface area (TPSA) is 140 Å². The third kappa shape index (κ3) is 8.96. The molecule has 3 N–H and O–H groups in total. The van der Waals surface area contributed by atoms with Crippen molar-refractivity contribution in [2.75, 3.05) is 20.3 Å². The fraction of sp³-hybridized carbons (Fsp3) is 0.229. The quantitative estimate of drug-likeness (QED) is 0.117. The number of fused-ring (bicyclic) bond motifs is 3.